The third-order valence-electron chi connectivity index (χ3n) is 4.03. The van der Waals surface area contributed by atoms with Crippen LogP contribution in [0.2, 0.25) is 0 Å². The van der Waals surface area contributed by atoms with Crippen LogP contribution in [0.3, 0.4) is 0 Å². The van der Waals surface area contributed by atoms with Crippen molar-refractivity contribution >= 4 is 23.1 Å². The van der Waals surface area contributed by atoms with Crippen molar-refractivity contribution in [3.05, 3.63) is 77.0 Å². The Bertz CT molecular complexity index is 947. The number of nitrogens with zero attached hydrogens (tertiary/aromatic N) is 2. The van der Waals surface area contributed by atoms with E-state index in [-0.39, 0.29) is 11.5 Å². The van der Waals surface area contributed by atoms with Gasteiger partial charge in [0.25, 0.3) is 0 Å². The van der Waals surface area contributed by atoms with Gasteiger partial charge in [0, 0.05) is 24.9 Å². The van der Waals surface area contributed by atoms with Gasteiger partial charge in [0.1, 0.15) is 16.7 Å². The molecule has 7 heteroatoms. The molecule has 0 saturated carbocycles. The van der Waals surface area contributed by atoms with Crippen molar-refractivity contribution in [2.75, 3.05) is 11.6 Å². The van der Waals surface area contributed by atoms with Crippen molar-refractivity contribution in [2.24, 2.45) is 0 Å². The lowest BCUT2D eigenvalue weighted by molar-refractivity contribution is 0.574. The molecule has 0 aliphatic heterocycles. The number of hydrogen-bond donors (Lipinski definition) is 1. The number of thioether (sulfide) groups is 1. The molecule has 0 atom stereocenters. The lowest BCUT2D eigenvalue weighted by Gasteiger charge is -2.14. The number of halogens is 3. The van der Waals surface area contributed by atoms with Crippen LogP contribution in [0.1, 0.15) is 16.7 Å². The predicted octanol–water partition coefficient (Wildman–Crippen LogP) is 5.26. The summed E-state index contributed by atoms with van der Waals surface area (Å²) in [6.07, 6.45) is 6.88. The molecule has 0 bridgehead atoms. The zero-order valence-electron chi connectivity index (χ0n) is 14.2. The van der Waals surface area contributed by atoms with Crippen LogP contribution in [0.15, 0.2) is 47.9 Å². The molecule has 3 rings (SSSR count). The summed E-state index contributed by atoms with van der Waals surface area (Å²) < 4.78 is 41.3. The average Bonchev–Trinajstić information content (AvgIpc) is 2.62. The van der Waals surface area contributed by atoms with Crippen molar-refractivity contribution in [1.82, 2.24) is 9.97 Å². The van der Waals surface area contributed by atoms with E-state index in [1.54, 1.807) is 30.9 Å². The third-order valence-corrected chi connectivity index (χ3v) is 4.70. The maximum Gasteiger partial charge on any atom is 0.158 e. The van der Waals surface area contributed by atoms with E-state index in [9.17, 15) is 13.2 Å². The molecule has 0 aliphatic rings. The molecule has 0 saturated heterocycles. The normalized spacial score (nSPS) is 10.8. The monoisotopic (exact) mass is 375 g/mol. The van der Waals surface area contributed by atoms with Crippen molar-refractivity contribution in [2.45, 2.75) is 18.4 Å². The van der Waals surface area contributed by atoms with Crippen LogP contribution >= 0.6 is 11.8 Å². The molecule has 0 unspecified atom stereocenters. The van der Waals surface area contributed by atoms with Crippen LogP contribution in [-0.4, -0.2) is 16.2 Å². The highest BCUT2D eigenvalue weighted by molar-refractivity contribution is 7.98. The fourth-order valence-electron chi connectivity index (χ4n) is 2.55. The SMILES string of the molecule is CSc1nccc(Cc2cncc(Nc3ccc(F)cc3F)c2C)c1F. The topological polar surface area (TPSA) is 37.8 Å². The highest BCUT2D eigenvalue weighted by atomic mass is 32.2. The number of rotatable bonds is 5. The van der Waals surface area contributed by atoms with Crippen LogP contribution in [0.25, 0.3) is 0 Å². The van der Waals surface area contributed by atoms with Gasteiger partial charge in [-0.3, -0.25) is 4.98 Å². The number of nitrogens with one attached hydrogen (secondary N) is 1. The zero-order valence-corrected chi connectivity index (χ0v) is 15.0. The molecule has 0 radical (unpaired) electrons. The van der Waals surface area contributed by atoms with Gasteiger partial charge in [0.05, 0.1) is 17.6 Å². The smallest absolute Gasteiger partial charge is 0.158 e. The van der Waals surface area contributed by atoms with Gasteiger partial charge in [0.2, 0.25) is 0 Å². The minimum Gasteiger partial charge on any atom is -0.352 e. The van der Waals surface area contributed by atoms with Crippen LogP contribution in [0.5, 0.6) is 0 Å². The van der Waals surface area contributed by atoms with Crippen molar-refractivity contribution in [1.29, 1.82) is 0 Å². The van der Waals surface area contributed by atoms with E-state index in [0.717, 1.165) is 17.2 Å². The highest BCUT2D eigenvalue weighted by Crippen LogP contribution is 2.27. The Hall–Kier alpha value is -2.54. The summed E-state index contributed by atoms with van der Waals surface area (Å²) >= 11 is 1.25. The summed E-state index contributed by atoms with van der Waals surface area (Å²) in [6, 6.07) is 4.94. The largest absolute Gasteiger partial charge is 0.352 e. The molecule has 0 spiro atoms. The first-order valence-corrected chi connectivity index (χ1v) is 9.05. The fraction of sp³-hybridized carbons (Fsp3) is 0.158. The Labute approximate surface area is 153 Å². The zero-order chi connectivity index (χ0) is 18.7. The molecule has 0 amide bonds. The van der Waals surface area contributed by atoms with Crippen LogP contribution in [0.4, 0.5) is 24.5 Å². The minimum absolute atomic E-state index is 0.146. The van der Waals surface area contributed by atoms with E-state index >= 15 is 0 Å². The number of anilines is 2. The second-order valence-corrected chi connectivity index (χ2v) is 6.49. The van der Waals surface area contributed by atoms with Gasteiger partial charge >= 0.3 is 0 Å². The maximum atomic E-state index is 14.4. The lowest BCUT2D eigenvalue weighted by atomic mass is 10.0. The lowest BCUT2D eigenvalue weighted by Crippen LogP contribution is -2.03. The molecule has 3 aromatic rings. The summed E-state index contributed by atoms with van der Waals surface area (Å²) in [5.74, 6) is -1.68. The molecule has 0 aliphatic carbocycles. The van der Waals surface area contributed by atoms with Gasteiger partial charge in [-0.15, -0.1) is 11.8 Å². The first-order valence-electron chi connectivity index (χ1n) is 7.82. The van der Waals surface area contributed by atoms with E-state index in [4.69, 9.17) is 0 Å². The van der Waals surface area contributed by atoms with Crippen LogP contribution < -0.4 is 5.32 Å². The number of benzene rings is 1. The van der Waals surface area contributed by atoms with Crippen molar-refractivity contribution in [3.8, 4) is 0 Å². The van der Waals surface area contributed by atoms with Crippen molar-refractivity contribution < 1.29 is 13.2 Å². The van der Waals surface area contributed by atoms with E-state index in [1.807, 2.05) is 6.92 Å². The molecule has 26 heavy (non-hydrogen) atoms. The Morgan fingerprint density at radius 3 is 2.58 bits per heavy atom. The van der Waals surface area contributed by atoms with E-state index in [2.05, 4.69) is 15.3 Å². The van der Waals surface area contributed by atoms with Gasteiger partial charge in [-0.25, -0.2) is 18.2 Å². The standard InChI is InChI=1S/C19H16F3N3S/c1-11-13(7-12-5-6-24-19(26-2)18(12)22)9-23-10-17(11)25-16-4-3-14(20)8-15(16)21/h3-6,8-10,25H,7H2,1-2H3. The molecule has 134 valence electrons. The Balaban J connectivity index is 1.90. The summed E-state index contributed by atoms with van der Waals surface area (Å²) in [6.45, 7) is 1.84. The molecular formula is C19H16F3N3S. The quantitative estimate of drug-likeness (QED) is 0.618. The number of pyridine rings is 2. The molecule has 3 nitrogen and oxygen atoms in total. The summed E-state index contributed by atoms with van der Waals surface area (Å²) in [5.41, 5.74) is 2.85. The van der Waals surface area contributed by atoms with E-state index < -0.39 is 11.6 Å². The summed E-state index contributed by atoms with van der Waals surface area (Å²) in [4.78, 5) is 8.15. The van der Waals surface area contributed by atoms with Crippen LogP contribution in [0, 0.1) is 24.4 Å². The average molecular weight is 375 g/mol. The van der Waals surface area contributed by atoms with Gasteiger partial charge in [-0.05, 0) is 48.1 Å². The second kappa shape index (κ2) is 7.78. The summed E-state index contributed by atoms with van der Waals surface area (Å²) in [5, 5.41) is 3.26. The van der Waals surface area contributed by atoms with Gasteiger partial charge in [-0.2, -0.15) is 0 Å². The first kappa shape index (κ1) is 18.3. The predicted molar refractivity (Wildman–Crippen MR) is 97.4 cm³/mol. The molecule has 2 aromatic heterocycles. The van der Waals surface area contributed by atoms with E-state index in [1.165, 1.54) is 23.9 Å². The highest BCUT2D eigenvalue weighted by Gasteiger charge is 2.13. The fourth-order valence-corrected chi connectivity index (χ4v) is 3.03. The molecular weight excluding hydrogens is 359 g/mol. The van der Waals surface area contributed by atoms with E-state index in [0.29, 0.717) is 22.7 Å². The number of hydrogen-bond acceptors (Lipinski definition) is 4. The second-order valence-electron chi connectivity index (χ2n) is 5.69. The van der Waals surface area contributed by atoms with Gasteiger partial charge < -0.3 is 5.32 Å². The van der Waals surface area contributed by atoms with Gasteiger partial charge in [-0.1, -0.05) is 0 Å². The van der Waals surface area contributed by atoms with Crippen molar-refractivity contribution in [3.63, 3.8) is 0 Å². The van der Waals surface area contributed by atoms with Gasteiger partial charge in [0.15, 0.2) is 5.82 Å². The van der Waals surface area contributed by atoms with Crippen LogP contribution in [-0.2, 0) is 6.42 Å². The molecule has 2 heterocycles. The Morgan fingerprint density at radius 2 is 1.85 bits per heavy atom. The Morgan fingerprint density at radius 1 is 1.04 bits per heavy atom. The number of aromatic nitrogens is 2. The third kappa shape index (κ3) is 3.83. The maximum absolute atomic E-state index is 14.4. The molecule has 0 fully saturated rings. The Kier molecular flexibility index (Phi) is 5.46. The molecule has 1 aromatic carbocycles. The minimum atomic E-state index is -0.695. The first-order chi connectivity index (χ1) is 12.5. The molecule has 1 N–H and O–H groups in total. The summed E-state index contributed by atoms with van der Waals surface area (Å²) in [7, 11) is 0.